The number of likely N-dealkylation sites (tertiary alicyclic amines) is 1. The lowest BCUT2D eigenvalue weighted by molar-refractivity contribution is -0.122. The Balaban J connectivity index is 1.62. The van der Waals surface area contributed by atoms with Crippen molar-refractivity contribution in [1.29, 1.82) is 0 Å². The first-order chi connectivity index (χ1) is 13.8. The third-order valence-corrected chi connectivity index (χ3v) is 5.98. The van der Waals surface area contributed by atoms with Gasteiger partial charge in [0.2, 0.25) is 5.91 Å². The lowest BCUT2D eigenvalue weighted by Crippen LogP contribution is -2.37. The molecular weight excluding hydrogens is 368 g/mol. The molecular formula is C23H24N2O2S. The molecule has 0 bridgehead atoms. The molecule has 2 heterocycles. The zero-order chi connectivity index (χ0) is 19.3. The van der Waals surface area contributed by atoms with E-state index in [0.717, 1.165) is 36.4 Å². The van der Waals surface area contributed by atoms with E-state index in [1.165, 1.54) is 5.56 Å². The van der Waals surface area contributed by atoms with Gasteiger partial charge >= 0.3 is 0 Å². The van der Waals surface area contributed by atoms with Crippen LogP contribution in [0.2, 0.25) is 0 Å². The second-order valence-electron chi connectivity index (χ2n) is 6.98. The van der Waals surface area contributed by atoms with E-state index in [0.29, 0.717) is 0 Å². The van der Waals surface area contributed by atoms with Crippen molar-refractivity contribution < 1.29 is 9.53 Å². The maximum absolute atomic E-state index is 13.4. The molecule has 2 aromatic carbocycles. The van der Waals surface area contributed by atoms with E-state index in [4.69, 9.17) is 4.74 Å². The van der Waals surface area contributed by atoms with Gasteiger partial charge in [0.1, 0.15) is 11.8 Å². The van der Waals surface area contributed by atoms with Gasteiger partial charge in [-0.25, -0.2) is 0 Å². The van der Waals surface area contributed by atoms with Crippen LogP contribution in [0.1, 0.15) is 36.1 Å². The Bertz CT molecular complexity index is 894. The molecule has 3 aromatic rings. The first-order valence-corrected chi connectivity index (χ1v) is 10.5. The quantitative estimate of drug-likeness (QED) is 0.621. The van der Waals surface area contributed by atoms with Crippen LogP contribution in [0.15, 0.2) is 71.4 Å². The molecule has 0 saturated carbocycles. The first-order valence-electron chi connectivity index (χ1n) is 9.54. The Morgan fingerprint density at radius 2 is 1.93 bits per heavy atom. The zero-order valence-corrected chi connectivity index (χ0v) is 16.7. The van der Waals surface area contributed by atoms with Gasteiger partial charge in [-0.3, -0.25) is 9.69 Å². The summed E-state index contributed by atoms with van der Waals surface area (Å²) in [5.41, 5.74) is 3.11. The summed E-state index contributed by atoms with van der Waals surface area (Å²) >= 11 is 1.71. The number of benzene rings is 2. The fourth-order valence-corrected chi connectivity index (χ4v) is 4.64. The summed E-state index contributed by atoms with van der Waals surface area (Å²) in [5.74, 6) is 0.771. The molecule has 144 valence electrons. The molecule has 2 unspecified atom stereocenters. The first kappa shape index (κ1) is 18.7. The third-order valence-electron chi connectivity index (χ3n) is 5.28. The molecule has 1 aliphatic rings. The number of methoxy groups -OCH3 is 1. The van der Waals surface area contributed by atoms with Crippen LogP contribution in [0.25, 0.3) is 0 Å². The van der Waals surface area contributed by atoms with E-state index >= 15 is 0 Å². The van der Waals surface area contributed by atoms with Crippen molar-refractivity contribution in [2.45, 2.75) is 24.9 Å². The third kappa shape index (κ3) is 3.96. The maximum Gasteiger partial charge on any atom is 0.246 e. The molecule has 28 heavy (non-hydrogen) atoms. The molecule has 0 aliphatic carbocycles. The smallest absolute Gasteiger partial charge is 0.246 e. The average Bonchev–Trinajstić information content (AvgIpc) is 3.41. The van der Waals surface area contributed by atoms with E-state index < -0.39 is 0 Å². The van der Waals surface area contributed by atoms with Gasteiger partial charge in [-0.2, -0.15) is 11.3 Å². The molecule has 2 atom stereocenters. The number of carbonyl (C=O) groups is 1. The molecule has 5 heteroatoms. The van der Waals surface area contributed by atoms with E-state index in [1.54, 1.807) is 18.4 Å². The molecule has 1 aromatic heterocycles. The lowest BCUT2D eigenvalue weighted by atomic mass is 10.0. The molecule has 1 amide bonds. The fraction of sp³-hybridized carbons (Fsp3) is 0.261. The Morgan fingerprint density at radius 3 is 2.61 bits per heavy atom. The number of hydrogen-bond acceptors (Lipinski definition) is 4. The minimum atomic E-state index is -0.323. The minimum Gasteiger partial charge on any atom is -0.497 e. The standard InChI is InChI=1S/C23H24N2O2S/c1-27-20-11-9-19(10-12-20)24-23(26)22(17-6-3-2-4-7-17)25-14-5-8-21(25)18-13-15-28-16-18/h2-4,6-7,9-13,15-16,21-22H,5,8,14H2,1H3,(H,24,26). The summed E-state index contributed by atoms with van der Waals surface area (Å²) in [5, 5.41) is 7.41. The second kappa shape index (κ2) is 8.59. The number of nitrogens with zero attached hydrogens (tertiary/aromatic N) is 1. The summed E-state index contributed by atoms with van der Waals surface area (Å²) in [6, 6.07) is 19.7. The molecule has 1 saturated heterocycles. The Labute approximate surface area is 169 Å². The largest absolute Gasteiger partial charge is 0.497 e. The number of hydrogen-bond donors (Lipinski definition) is 1. The van der Waals surface area contributed by atoms with Crippen LogP contribution >= 0.6 is 11.3 Å². The van der Waals surface area contributed by atoms with Gasteiger partial charge in [0.15, 0.2) is 0 Å². The number of ether oxygens (including phenoxy) is 1. The molecule has 1 N–H and O–H groups in total. The second-order valence-corrected chi connectivity index (χ2v) is 7.76. The average molecular weight is 393 g/mol. The van der Waals surface area contributed by atoms with Gasteiger partial charge in [-0.15, -0.1) is 0 Å². The van der Waals surface area contributed by atoms with Crippen molar-refractivity contribution in [2.24, 2.45) is 0 Å². The summed E-state index contributed by atoms with van der Waals surface area (Å²) in [7, 11) is 1.64. The Morgan fingerprint density at radius 1 is 1.14 bits per heavy atom. The SMILES string of the molecule is COc1ccc(NC(=O)C(c2ccccc2)N2CCCC2c2ccsc2)cc1. The zero-order valence-electron chi connectivity index (χ0n) is 15.9. The van der Waals surface area contributed by atoms with E-state index in [9.17, 15) is 4.79 Å². The topological polar surface area (TPSA) is 41.6 Å². The summed E-state index contributed by atoms with van der Waals surface area (Å²) in [6.07, 6.45) is 2.18. The van der Waals surface area contributed by atoms with Gasteiger partial charge in [-0.1, -0.05) is 30.3 Å². The van der Waals surface area contributed by atoms with Gasteiger partial charge in [0.05, 0.1) is 7.11 Å². The Kier molecular flexibility index (Phi) is 5.74. The molecule has 4 rings (SSSR count). The number of amides is 1. The number of nitrogens with one attached hydrogen (secondary N) is 1. The van der Waals surface area contributed by atoms with E-state index in [-0.39, 0.29) is 18.0 Å². The van der Waals surface area contributed by atoms with Crippen molar-refractivity contribution in [3.05, 3.63) is 82.6 Å². The van der Waals surface area contributed by atoms with Crippen molar-refractivity contribution in [2.75, 3.05) is 19.0 Å². The van der Waals surface area contributed by atoms with Crippen molar-refractivity contribution in [1.82, 2.24) is 4.90 Å². The summed E-state index contributed by atoms with van der Waals surface area (Å²) < 4.78 is 5.21. The highest BCUT2D eigenvalue weighted by molar-refractivity contribution is 7.07. The van der Waals surface area contributed by atoms with Crippen molar-refractivity contribution in [3.8, 4) is 5.75 Å². The van der Waals surface area contributed by atoms with Crippen LogP contribution < -0.4 is 10.1 Å². The van der Waals surface area contributed by atoms with Crippen LogP contribution in [0, 0.1) is 0 Å². The van der Waals surface area contributed by atoms with Crippen LogP contribution in [0.4, 0.5) is 5.69 Å². The molecule has 0 radical (unpaired) electrons. The monoisotopic (exact) mass is 392 g/mol. The molecule has 1 aliphatic heterocycles. The van der Waals surface area contributed by atoms with Crippen molar-refractivity contribution >= 4 is 22.9 Å². The number of rotatable bonds is 6. The van der Waals surface area contributed by atoms with E-state index in [1.807, 2.05) is 54.6 Å². The highest BCUT2D eigenvalue weighted by Gasteiger charge is 2.36. The van der Waals surface area contributed by atoms with Crippen LogP contribution in [-0.4, -0.2) is 24.5 Å². The van der Waals surface area contributed by atoms with Gasteiger partial charge in [0, 0.05) is 11.7 Å². The van der Waals surface area contributed by atoms with Crippen LogP contribution in [0.5, 0.6) is 5.75 Å². The predicted molar refractivity (Wildman–Crippen MR) is 114 cm³/mol. The summed E-state index contributed by atoms with van der Waals surface area (Å²) in [6.45, 7) is 0.913. The number of carbonyl (C=O) groups excluding carboxylic acids is 1. The summed E-state index contributed by atoms with van der Waals surface area (Å²) in [4.78, 5) is 15.7. The van der Waals surface area contributed by atoms with E-state index in [2.05, 4.69) is 27.0 Å². The predicted octanol–water partition coefficient (Wildman–Crippen LogP) is 5.27. The molecule has 1 fully saturated rings. The number of thiophene rings is 1. The minimum absolute atomic E-state index is 0.00139. The van der Waals surface area contributed by atoms with Gasteiger partial charge in [-0.05, 0) is 71.6 Å². The number of anilines is 1. The molecule has 0 spiro atoms. The van der Waals surface area contributed by atoms with Crippen molar-refractivity contribution in [3.63, 3.8) is 0 Å². The van der Waals surface area contributed by atoms with Crippen LogP contribution in [-0.2, 0) is 4.79 Å². The maximum atomic E-state index is 13.4. The normalized spacial score (nSPS) is 18.0. The Hall–Kier alpha value is -2.63. The highest BCUT2D eigenvalue weighted by atomic mass is 32.1. The molecule has 4 nitrogen and oxygen atoms in total. The van der Waals surface area contributed by atoms with Gasteiger partial charge in [0.25, 0.3) is 0 Å². The highest BCUT2D eigenvalue weighted by Crippen LogP contribution is 2.39. The van der Waals surface area contributed by atoms with Gasteiger partial charge < -0.3 is 10.1 Å². The lowest BCUT2D eigenvalue weighted by Gasteiger charge is -2.32. The fourth-order valence-electron chi connectivity index (χ4n) is 3.93. The van der Waals surface area contributed by atoms with Crippen LogP contribution in [0.3, 0.4) is 0 Å².